The van der Waals surface area contributed by atoms with Crippen molar-refractivity contribution in [3.05, 3.63) is 29.8 Å². The van der Waals surface area contributed by atoms with Gasteiger partial charge in [-0.25, -0.2) is 13.6 Å². The summed E-state index contributed by atoms with van der Waals surface area (Å²) in [4.78, 5) is 11.8. The van der Waals surface area contributed by atoms with E-state index in [0.29, 0.717) is 13.0 Å². The van der Waals surface area contributed by atoms with Gasteiger partial charge in [0.2, 0.25) is 15.9 Å². The quantitative estimate of drug-likeness (QED) is 0.622. The van der Waals surface area contributed by atoms with Gasteiger partial charge in [0.25, 0.3) is 0 Å². The van der Waals surface area contributed by atoms with Crippen LogP contribution in [0.15, 0.2) is 29.2 Å². The highest BCUT2D eigenvalue weighted by atomic mass is 32.2. The molecule has 0 saturated carbocycles. The first kappa shape index (κ1) is 17.6. The van der Waals surface area contributed by atoms with Gasteiger partial charge in [-0.15, -0.1) is 0 Å². The predicted molar refractivity (Wildman–Crippen MR) is 81.9 cm³/mol. The Morgan fingerprint density at radius 2 is 1.81 bits per heavy atom. The number of unbranched alkanes of at least 4 members (excludes halogenated alkanes) is 2. The fourth-order valence-electron chi connectivity index (χ4n) is 1.95. The van der Waals surface area contributed by atoms with Gasteiger partial charge in [-0.1, -0.05) is 18.6 Å². The summed E-state index contributed by atoms with van der Waals surface area (Å²) in [5.41, 5.74) is 6.22. The number of carbonyl (C=O) groups is 1. The molecule has 0 radical (unpaired) electrons. The molecule has 1 atom stereocenters. The molecule has 0 aliphatic heterocycles. The summed E-state index contributed by atoms with van der Waals surface area (Å²) in [5.74, 6) is -0.0185. The van der Waals surface area contributed by atoms with Crippen molar-refractivity contribution in [2.75, 3.05) is 6.54 Å². The van der Waals surface area contributed by atoms with E-state index in [1.807, 2.05) is 6.92 Å². The Labute approximate surface area is 126 Å². The van der Waals surface area contributed by atoms with Crippen molar-refractivity contribution >= 4 is 15.9 Å². The van der Waals surface area contributed by atoms with Crippen LogP contribution in [-0.4, -0.2) is 20.9 Å². The first-order chi connectivity index (χ1) is 9.84. The number of amides is 1. The third kappa shape index (κ3) is 6.24. The molecule has 7 heteroatoms. The number of carbonyl (C=O) groups excluding carboxylic acids is 1. The van der Waals surface area contributed by atoms with Gasteiger partial charge in [-0.3, -0.25) is 4.79 Å². The van der Waals surface area contributed by atoms with E-state index < -0.39 is 10.0 Å². The van der Waals surface area contributed by atoms with Crippen LogP contribution in [-0.2, 0) is 14.8 Å². The number of rotatable bonds is 8. The van der Waals surface area contributed by atoms with Crippen LogP contribution in [0.5, 0.6) is 0 Å². The average Bonchev–Trinajstić information content (AvgIpc) is 2.43. The molecule has 1 unspecified atom stereocenters. The second kappa shape index (κ2) is 8.11. The summed E-state index contributed by atoms with van der Waals surface area (Å²) >= 11 is 0. The van der Waals surface area contributed by atoms with Crippen molar-refractivity contribution < 1.29 is 13.2 Å². The third-order valence-electron chi connectivity index (χ3n) is 3.19. The summed E-state index contributed by atoms with van der Waals surface area (Å²) in [7, 11) is -3.68. The molecule has 0 aliphatic rings. The highest BCUT2D eigenvalue weighted by Gasteiger charge is 2.11. The lowest BCUT2D eigenvalue weighted by Crippen LogP contribution is -2.26. The lowest BCUT2D eigenvalue weighted by molar-refractivity contribution is -0.121. The summed E-state index contributed by atoms with van der Waals surface area (Å²) in [6.07, 6.45) is 3.17. The van der Waals surface area contributed by atoms with Crippen LogP contribution in [0.25, 0.3) is 0 Å². The number of nitrogens with two attached hydrogens (primary N) is 2. The second-order valence-corrected chi connectivity index (χ2v) is 6.56. The molecule has 6 nitrogen and oxygen atoms in total. The van der Waals surface area contributed by atoms with Crippen LogP contribution in [0.3, 0.4) is 0 Å². The van der Waals surface area contributed by atoms with Crippen molar-refractivity contribution in [2.24, 2.45) is 10.9 Å². The second-order valence-electron chi connectivity index (χ2n) is 5.00. The topological polar surface area (TPSA) is 115 Å². The van der Waals surface area contributed by atoms with Crippen LogP contribution >= 0.6 is 0 Å². The smallest absolute Gasteiger partial charge is 0.238 e. The highest BCUT2D eigenvalue weighted by molar-refractivity contribution is 7.89. The Morgan fingerprint density at radius 3 is 2.33 bits per heavy atom. The van der Waals surface area contributed by atoms with Gasteiger partial charge in [0.1, 0.15) is 0 Å². The van der Waals surface area contributed by atoms with Gasteiger partial charge in [-0.2, -0.15) is 0 Å². The Kier molecular flexibility index (Phi) is 6.80. The van der Waals surface area contributed by atoms with Crippen molar-refractivity contribution in [1.29, 1.82) is 0 Å². The first-order valence-corrected chi connectivity index (χ1v) is 8.51. The number of sulfonamides is 1. The maximum absolute atomic E-state index is 11.8. The molecular weight excluding hydrogens is 290 g/mol. The van der Waals surface area contributed by atoms with Crippen LogP contribution in [0, 0.1) is 0 Å². The van der Waals surface area contributed by atoms with Crippen molar-refractivity contribution in [3.8, 4) is 0 Å². The van der Waals surface area contributed by atoms with Crippen molar-refractivity contribution in [3.63, 3.8) is 0 Å². The molecule has 0 bridgehead atoms. The molecule has 1 rings (SSSR count). The minimum atomic E-state index is -3.68. The average molecular weight is 313 g/mol. The van der Waals surface area contributed by atoms with Gasteiger partial charge in [0, 0.05) is 6.42 Å². The predicted octanol–water partition coefficient (Wildman–Crippen LogP) is 1.03. The Hall–Kier alpha value is -1.44. The molecule has 0 fully saturated rings. The molecule has 0 aromatic heterocycles. The lowest BCUT2D eigenvalue weighted by Gasteiger charge is -2.14. The standard InChI is InChI=1S/C14H23N3O3S/c1-11(17-14(18)5-3-2-4-10-15)12-6-8-13(9-7-12)21(16,19)20/h6-9,11H,2-5,10,15H2,1H3,(H,17,18)(H2,16,19,20). The van der Waals surface area contributed by atoms with E-state index in [1.54, 1.807) is 12.1 Å². The van der Waals surface area contributed by atoms with Gasteiger partial charge >= 0.3 is 0 Å². The minimum absolute atomic E-state index is 0.0185. The molecule has 1 amide bonds. The summed E-state index contributed by atoms with van der Waals surface area (Å²) in [6.45, 7) is 2.50. The summed E-state index contributed by atoms with van der Waals surface area (Å²) in [5, 5.41) is 7.92. The Balaban J connectivity index is 2.52. The molecule has 0 spiro atoms. The molecule has 0 heterocycles. The molecule has 5 N–H and O–H groups in total. The number of benzene rings is 1. The normalized spacial score (nSPS) is 12.9. The number of nitrogens with one attached hydrogen (secondary N) is 1. The van der Waals surface area contributed by atoms with E-state index in [2.05, 4.69) is 5.32 Å². The molecular formula is C14H23N3O3S. The van der Waals surface area contributed by atoms with E-state index in [1.165, 1.54) is 12.1 Å². The van der Waals surface area contributed by atoms with E-state index in [4.69, 9.17) is 10.9 Å². The summed E-state index contributed by atoms with van der Waals surface area (Å²) < 4.78 is 22.3. The first-order valence-electron chi connectivity index (χ1n) is 6.97. The summed E-state index contributed by atoms with van der Waals surface area (Å²) in [6, 6.07) is 6.00. The zero-order valence-electron chi connectivity index (χ0n) is 12.2. The molecule has 21 heavy (non-hydrogen) atoms. The fraction of sp³-hybridized carbons (Fsp3) is 0.500. The van der Waals surface area contributed by atoms with Crippen LogP contribution in [0.1, 0.15) is 44.2 Å². The van der Waals surface area contributed by atoms with E-state index in [-0.39, 0.29) is 16.8 Å². The number of primary sulfonamides is 1. The fourth-order valence-corrected chi connectivity index (χ4v) is 2.47. The van der Waals surface area contributed by atoms with E-state index in [0.717, 1.165) is 24.8 Å². The maximum Gasteiger partial charge on any atom is 0.238 e. The van der Waals surface area contributed by atoms with Crippen LogP contribution in [0.2, 0.25) is 0 Å². The van der Waals surface area contributed by atoms with Gasteiger partial charge in [-0.05, 0) is 44.0 Å². The Bertz CT molecular complexity index is 555. The van der Waals surface area contributed by atoms with Gasteiger partial charge in [0.05, 0.1) is 10.9 Å². The lowest BCUT2D eigenvalue weighted by atomic mass is 10.1. The minimum Gasteiger partial charge on any atom is -0.350 e. The van der Waals surface area contributed by atoms with Crippen molar-refractivity contribution in [1.82, 2.24) is 5.32 Å². The van der Waals surface area contributed by atoms with Gasteiger partial charge in [0.15, 0.2) is 0 Å². The molecule has 1 aromatic carbocycles. The van der Waals surface area contributed by atoms with Crippen molar-refractivity contribution in [2.45, 2.75) is 43.5 Å². The van der Waals surface area contributed by atoms with E-state index in [9.17, 15) is 13.2 Å². The van der Waals surface area contributed by atoms with E-state index >= 15 is 0 Å². The highest BCUT2D eigenvalue weighted by Crippen LogP contribution is 2.15. The zero-order valence-corrected chi connectivity index (χ0v) is 13.0. The SMILES string of the molecule is CC(NC(=O)CCCCCN)c1ccc(S(N)(=O)=O)cc1. The van der Waals surface area contributed by atoms with Gasteiger partial charge < -0.3 is 11.1 Å². The Morgan fingerprint density at radius 1 is 1.19 bits per heavy atom. The van der Waals surface area contributed by atoms with Crippen LogP contribution < -0.4 is 16.2 Å². The molecule has 118 valence electrons. The monoisotopic (exact) mass is 313 g/mol. The number of hydrogen-bond acceptors (Lipinski definition) is 4. The largest absolute Gasteiger partial charge is 0.350 e. The third-order valence-corrected chi connectivity index (χ3v) is 4.12. The molecule has 0 saturated heterocycles. The number of hydrogen-bond donors (Lipinski definition) is 3. The molecule has 0 aliphatic carbocycles. The maximum atomic E-state index is 11.8. The van der Waals surface area contributed by atoms with Crippen LogP contribution in [0.4, 0.5) is 0 Å². The zero-order chi connectivity index (χ0) is 15.9. The molecule has 1 aromatic rings.